The Balaban J connectivity index is 2.44. The first kappa shape index (κ1) is 13.9. The third kappa shape index (κ3) is 4.36. The minimum atomic E-state index is -1.05. The number of nitrogens with one attached hydrogen (secondary N) is 2. The van der Waals surface area contributed by atoms with E-state index in [4.69, 9.17) is 5.11 Å². The summed E-state index contributed by atoms with van der Waals surface area (Å²) < 4.78 is 0. The topological polar surface area (TPSA) is 104 Å². The fourth-order valence-corrected chi connectivity index (χ4v) is 1.32. The number of aryl methyl sites for hydroxylation is 1. The Morgan fingerprint density at radius 3 is 2.78 bits per heavy atom. The van der Waals surface area contributed by atoms with Crippen molar-refractivity contribution in [2.45, 2.75) is 32.9 Å². The molecule has 2 amide bonds. The number of aliphatic carboxylic acids is 1. The van der Waals surface area contributed by atoms with Crippen LogP contribution < -0.4 is 10.6 Å². The molecule has 0 saturated heterocycles. The van der Waals surface area contributed by atoms with Crippen molar-refractivity contribution >= 4 is 12.0 Å². The molecule has 0 aliphatic heterocycles. The second-order valence-electron chi connectivity index (χ2n) is 3.72. The molecule has 0 bridgehead atoms. The zero-order chi connectivity index (χ0) is 13.5. The molecule has 0 aliphatic carbocycles. The van der Waals surface area contributed by atoms with Gasteiger partial charge in [0.25, 0.3) is 0 Å². The van der Waals surface area contributed by atoms with E-state index in [1.54, 1.807) is 26.1 Å². The molecule has 0 aromatic carbocycles. The van der Waals surface area contributed by atoms with Gasteiger partial charge in [0.15, 0.2) is 0 Å². The van der Waals surface area contributed by atoms with Gasteiger partial charge in [-0.2, -0.15) is 0 Å². The number of nitrogens with zero attached hydrogens (tertiary/aromatic N) is 2. The van der Waals surface area contributed by atoms with E-state index >= 15 is 0 Å². The molecule has 18 heavy (non-hydrogen) atoms. The largest absolute Gasteiger partial charge is 0.480 e. The van der Waals surface area contributed by atoms with Gasteiger partial charge >= 0.3 is 12.0 Å². The standard InChI is InChI=1S/C11H16N4O3/c1-3-9(10(16)17)15-11(18)13-6-8-4-5-12-7(2)14-8/h4-5,9H,3,6H2,1-2H3,(H,16,17)(H2,13,15,18). The Morgan fingerprint density at radius 1 is 1.50 bits per heavy atom. The summed E-state index contributed by atoms with van der Waals surface area (Å²) in [7, 11) is 0. The van der Waals surface area contributed by atoms with E-state index in [1.165, 1.54) is 0 Å². The number of carboxylic acid groups (broad SMARTS) is 1. The molecule has 1 unspecified atom stereocenters. The molecule has 0 radical (unpaired) electrons. The average Bonchev–Trinajstić information content (AvgIpc) is 2.33. The number of urea groups is 1. The third-order valence-corrected chi connectivity index (χ3v) is 2.28. The van der Waals surface area contributed by atoms with Crippen LogP contribution in [0.4, 0.5) is 4.79 Å². The summed E-state index contributed by atoms with van der Waals surface area (Å²) >= 11 is 0. The molecule has 3 N–H and O–H groups in total. The van der Waals surface area contributed by atoms with Gasteiger partial charge in [-0.1, -0.05) is 6.92 Å². The average molecular weight is 252 g/mol. The van der Waals surface area contributed by atoms with E-state index in [1.807, 2.05) is 0 Å². The molecule has 1 aromatic rings. The molecule has 1 atom stereocenters. The maximum absolute atomic E-state index is 11.4. The van der Waals surface area contributed by atoms with Crippen LogP contribution in [-0.4, -0.2) is 33.1 Å². The van der Waals surface area contributed by atoms with Gasteiger partial charge in [-0.3, -0.25) is 0 Å². The Bertz CT molecular complexity index is 436. The number of rotatable bonds is 5. The van der Waals surface area contributed by atoms with Crippen molar-refractivity contribution in [3.8, 4) is 0 Å². The molecule has 0 fully saturated rings. The van der Waals surface area contributed by atoms with Gasteiger partial charge in [0.2, 0.25) is 0 Å². The van der Waals surface area contributed by atoms with E-state index in [9.17, 15) is 9.59 Å². The SMILES string of the molecule is CCC(NC(=O)NCc1ccnc(C)n1)C(=O)O. The monoisotopic (exact) mass is 252 g/mol. The normalized spacial score (nSPS) is 11.7. The number of aromatic nitrogens is 2. The number of carbonyl (C=O) groups excluding carboxylic acids is 1. The van der Waals surface area contributed by atoms with Gasteiger partial charge in [-0.25, -0.2) is 19.6 Å². The van der Waals surface area contributed by atoms with Gasteiger partial charge in [-0.05, 0) is 19.4 Å². The fourth-order valence-electron chi connectivity index (χ4n) is 1.32. The van der Waals surface area contributed by atoms with E-state index in [-0.39, 0.29) is 6.54 Å². The van der Waals surface area contributed by atoms with Crippen molar-refractivity contribution in [2.75, 3.05) is 0 Å². The van der Waals surface area contributed by atoms with Crippen LogP contribution in [0.3, 0.4) is 0 Å². The molecule has 0 saturated carbocycles. The van der Waals surface area contributed by atoms with Gasteiger partial charge in [0.1, 0.15) is 11.9 Å². The number of carbonyl (C=O) groups is 2. The van der Waals surface area contributed by atoms with Gasteiger partial charge in [0.05, 0.1) is 12.2 Å². The minimum absolute atomic E-state index is 0.227. The second-order valence-corrected chi connectivity index (χ2v) is 3.72. The van der Waals surface area contributed by atoms with E-state index < -0.39 is 18.0 Å². The predicted molar refractivity (Wildman–Crippen MR) is 63.9 cm³/mol. The molecule has 0 spiro atoms. The van der Waals surface area contributed by atoms with Crippen LogP contribution in [0.15, 0.2) is 12.3 Å². The summed E-state index contributed by atoms with van der Waals surface area (Å²) in [6, 6.07) is 0.277. The first-order chi connectivity index (χ1) is 8.52. The number of hydrogen-bond acceptors (Lipinski definition) is 4. The quantitative estimate of drug-likeness (QED) is 0.705. The highest BCUT2D eigenvalue weighted by Crippen LogP contribution is 1.94. The first-order valence-electron chi connectivity index (χ1n) is 5.58. The molecule has 1 rings (SSSR count). The van der Waals surface area contributed by atoms with Gasteiger partial charge < -0.3 is 15.7 Å². The molecular formula is C11H16N4O3. The van der Waals surface area contributed by atoms with Gasteiger partial charge in [0, 0.05) is 6.20 Å². The molecule has 98 valence electrons. The van der Waals surface area contributed by atoms with Crippen LogP contribution in [0, 0.1) is 6.92 Å². The summed E-state index contributed by atoms with van der Waals surface area (Å²) in [4.78, 5) is 30.2. The van der Waals surface area contributed by atoms with Crippen LogP contribution in [0.5, 0.6) is 0 Å². The Morgan fingerprint density at radius 2 is 2.22 bits per heavy atom. The van der Waals surface area contributed by atoms with Crippen molar-refractivity contribution in [2.24, 2.45) is 0 Å². The van der Waals surface area contributed by atoms with Crippen LogP contribution in [0.2, 0.25) is 0 Å². The Hall–Kier alpha value is -2.18. The van der Waals surface area contributed by atoms with E-state index in [0.29, 0.717) is 17.9 Å². The van der Waals surface area contributed by atoms with Crippen molar-refractivity contribution in [3.05, 3.63) is 23.8 Å². The lowest BCUT2D eigenvalue weighted by Gasteiger charge is -2.12. The van der Waals surface area contributed by atoms with Crippen molar-refractivity contribution in [1.29, 1.82) is 0 Å². The van der Waals surface area contributed by atoms with Crippen molar-refractivity contribution < 1.29 is 14.7 Å². The van der Waals surface area contributed by atoms with Crippen LogP contribution >= 0.6 is 0 Å². The molecule has 0 aliphatic rings. The zero-order valence-electron chi connectivity index (χ0n) is 10.3. The smallest absolute Gasteiger partial charge is 0.326 e. The van der Waals surface area contributed by atoms with Crippen molar-refractivity contribution in [1.82, 2.24) is 20.6 Å². The summed E-state index contributed by atoms with van der Waals surface area (Å²) in [6.45, 7) is 3.67. The lowest BCUT2D eigenvalue weighted by atomic mass is 10.2. The first-order valence-corrected chi connectivity index (χ1v) is 5.58. The molecule has 1 aromatic heterocycles. The molecule has 7 heteroatoms. The predicted octanol–water partition coefficient (Wildman–Crippen LogP) is 0.447. The maximum Gasteiger partial charge on any atom is 0.326 e. The Labute approximate surface area is 105 Å². The van der Waals surface area contributed by atoms with E-state index in [2.05, 4.69) is 20.6 Å². The van der Waals surface area contributed by atoms with Crippen LogP contribution in [-0.2, 0) is 11.3 Å². The zero-order valence-corrected chi connectivity index (χ0v) is 10.3. The third-order valence-electron chi connectivity index (χ3n) is 2.28. The second kappa shape index (κ2) is 6.53. The fraction of sp³-hybridized carbons (Fsp3) is 0.455. The van der Waals surface area contributed by atoms with Crippen molar-refractivity contribution in [3.63, 3.8) is 0 Å². The minimum Gasteiger partial charge on any atom is -0.480 e. The highest BCUT2D eigenvalue weighted by atomic mass is 16.4. The maximum atomic E-state index is 11.4. The summed E-state index contributed by atoms with van der Waals surface area (Å²) in [5.41, 5.74) is 0.668. The Kier molecular flexibility index (Phi) is 5.04. The molecule has 7 nitrogen and oxygen atoms in total. The lowest BCUT2D eigenvalue weighted by Crippen LogP contribution is -2.45. The number of amides is 2. The highest BCUT2D eigenvalue weighted by molar-refractivity contribution is 5.82. The van der Waals surface area contributed by atoms with Gasteiger partial charge in [-0.15, -0.1) is 0 Å². The number of hydrogen-bond donors (Lipinski definition) is 3. The van der Waals surface area contributed by atoms with Crippen LogP contribution in [0.1, 0.15) is 24.9 Å². The highest BCUT2D eigenvalue weighted by Gasteiger charge is 2.16. The summed E-state index contributed by atoms with van der Waals surface area (Å²) in [5, 5.41) is 13.7. The molecular weight excluding hydrogens is 236 g/mol. The molecule has 1 heterocycles. The summed E-state index contributed by atoms with van der Waals surface area (Å²) in [5.74, 6) is -0.433. The lowest BCUT2D eigenvalue weighted by molar-refractivity contribution is -0.139. The number of carboxylic acids is 1. The van der Waals surface area contributed by atoms with E-state index in [0.717, 1.165) is 0 Å². The summed E-state index contributed by atoms with van der Waals surface area (Å²) in [6.07, 6.45) is 1.93. The van der Waals surface area contributed by atoms with Crippen LogP contribution in [0.25, 0.3) is 0 Å².